The minimum atomic E-state index is -1.64. The van der Waals surface area contributed by atoms with Crippen LogP contribution in [0.25, 0.3) is 0 Å². The molecule has 0 radical (unpaired) electrons. The van der Waals surface area contributed by atoms with E-state index in [1.807, 2.05) is 37.4 Å². The zero-order chi connectivity index (χ0) is 24.0. The van der Waals surface area contributed by atoms with Crippen LogP contribution >= 0.6 is 0 Å². The van der Waals surface area contributed by atoms with E-state index >= 15 is 0 Å². The number of benzene rings is 1. The number of aromatic nitrogens is 2. The fourth-order valence-corrected chi connectivity index (χ4v) is 5.54. The molecule has 34 heavy (non-hydrogen) atoms. The molecular formula is C26H35N4O4+. The summed E-state index contributed by atoms with van der Waals surface area (Å²) in [6, 6.07) is 10.8. The molecule has 1 aromatic heterocycles. The molecule has 3 atom stereocenters. The molecule has 8 heteroatoms. The molecule has 1 aliphatic carbocycles. The number of ether oxygens (including phenoxy) is 1. The van der Waals surface area contributed by atoms with Crippen molar-refractivity contribution in [2.45, 2.75) is 56.6 Å². The second-order valence-corrected chi connectivity index (χ2v) is 9.87. The van der Waals surface area contributed by atoms with Crippen LogP contribution in [-0.4, -0.2) is 64.2 Å². The molecular weight excluding hydrogens is 432 g/mol. The summed E-state index contributed by atoms with van der Waals surface area (Å²) in [5, 5.41) is 14.5. The quantitative estimate of drug-likeness (QED) is 0.457. The second kappa shape index (κ2) is 10.6. The predicted molar refractivity (Wildman–Crippen MR) is 127 cm³/mol. The van der Waals surface area contributed by atoms with E-state index in [1.165, 1.54) is 6.33 Å². The Morgan fingerprint density at radius 2 is 1.88 bits per heavy atom. The van der Waals surface area contributed by atoms with Crippen molar-refractivity contribution in [3.05, 3.63) is 54.5 Å². The maximum atomic E-state index is 13.4. The van der Waals surface area contributed by atoms with E-state index in [2.05, 4.69) is 15.3 Å². The molecule has 182 valence electrons. The van der Waals surface area contributed by atoms with Crippen LogP contribution in [0.5, 0.6) is 0 Å². The molecule has 4 rings (SSSR count). The first-order valence-electron chi connectivity index (χ1n) is 12.3. The van der Waals surface area contributed by atoms with Crippen molar-refractivity contribution < 1.29 is 23.9 Å². The smallest absolute Gasteiger partial charge is 0.343 e. The summed E-state index contributed by atoms with van der Waals surface area (Å²) in [5.41, 5.74) is -1.05. The Bertz CT molecular complexity index is 967. The number of hydrogen-bond donors (Lipinski definition) is 2. The van der Waals surface area contributed by atoms with Gasteiger partial charge in [-0.05, 0) is 24.5 Å². The van der Waals surface area contributed by atoms with E-state index < -0.39 is 11.6 Å². The van der Waals surface area contributed by atoms with Crippen molar-refractivity contribution in [1.29, 1.82) is 0 Å². The Hall–Kier alpha value is -2.84. The second-order valence-electron chi connectivity index (χ2n) is 9.87. The largest absolute Gasteiger partial charge is 0.457 e. The van der Waals surface area contributed by atoms with Gasteiger partial charge < -0.3 is 19.6 Å². The van der Waals surface area contributed by atoms with Crippen LogP contribution in [0.1, 0.15) is 50.5 Å². The van der Waals surface area contributed by atoms with Gasteiger partial charge in [-0.25, -0.2) is 14.8 Å². The van der Waals surface area contributed by atoms with E-state index in [4.69, 9.17) is 4.74 Å². The molecule has 2 aromatic rings. The van der Waals surface area contributed by atoms with Gasteiger partial charge in [-0.3, -0.25) is 4.79 Å². The number of rotatable bonds is 8. The molecule has 1 saturated heterocycles. The number of anilines is 1. The van der Waals surface area contributed by atoms with E-state index in [-0.39, 0.29) is 31.0 Å². The van der Waals surface area contributed by atoms with E-state index in [0.29, 0.717) is 15.9 Å². The number of carbonyl (C=O) groups excluding carboxylic acids is 2. The number of esters is 1. The van der Waals surface area contributed by atoms with Gasteiger partial charge in [0.1, 0.15) is 24.8 Å². The lowest BCUT2D eigenvalue weighted by molar-refractivity contribution is -0.913. The van der Waals surface area contributed by atoms with Gasteiger partial charge in [-0.15, -0.1) is 0 Å². The number of likely N-dealkylation sites (N-methyl/N-ethyl adjacent to an activating group) is 1. The van der Waals surface area contributed by atoms with Gasteiger partial charge >= 0.3 is 5.97 Å². The minimum absolute atomic E-state index is 0.00789. The molecule has 8 nitrogen and oxygen atoms in total. The van der Waals surface area contributed by atoms with Crippen LogP contribution in [0.15, 0.2) is 48.9 Å². The zero-order valence-electron chi connectivity index (χ0n) is 19.9. The SMILES string of the molecule is C[N+]1(CC(=O)Nc2ccncn2)CCCC1COC(=O)[C@](O)(c1ccccc1)C1CCCCC1. The van der Waals surface area contributed by atoms with E-state index in [1.54, 1.807) is 12.3 Å². The van der Waals surface area contributed by atoms with E-state index in [0.717, 1.165) is 51.5 Å². The van der Waals surface area contributed by atoms with E-state index in [9.17, 15) is 14.7 Å². The highest BCUT2D eigenvalue weighted by atomic mass is 16.6. The molecule has 2 heterocycles. The first kappa shape index (κ1) is 24.3. The Labute approximate surface area is 201 Å². The molecule has 1 aliphatic heterocycles. The summed E-state index contributed by atoms with van der Waals surface area (Å²) in [4.78, 5) is 34.0. The lowest BCUT2D eigenvalue weighted by Gasteiger charge is -2.38. The number of aliphatic hydroxyl groups is 1. The molecule has 1 amide bonds. The van der Waals surface area contributed by atoms with Crippen LogP contribution in [0, 0.1) is 5.92 Å². The number of nitrogens with zero attached hydrogens (tertiary/aromatic N) is 3. The molecule has 2 unspecified atom stereocenters. The fraction of sp³-hybridized carbons (Fsp3) is 0.538. The average molecular weight is 468 g/mol. The van der Waals surface area contributed by atoms with Crippen LogP contribution in [-0.2, 0) is 19.9 Å². The topological polar surface area (TPSA) is 101 Å². The lowest BCUT2D eigenvalue weighted by atomic mass is 9.73. The van der Waals surface area contributed by atoms with Crippen LogP contribution in [0.2, 0.25) is 0 Å². The third-order valence-electron chi connectivity index (χ3n) is 7.57. The normalized spacial score (nSPS) is 24.8. The summed E-state index contributed by atoms with van der Waals surface area (Å²) in [6.07, 6.45) is 9.54. The number of nitrogens with one attached hydrogen (secondary N) is 1. The van der Waals surface area contributed by atoms with Gasteiger partial charge in [-0.1, -0.05) is 49.6 Å². The summed E-state index contributed by atoms with van der Waals surface area (Å²) in [7, 11) is 2.02. The molecule has 1 aromatic carbocycles. The number of hydrogen-bond acceptors (Lipinski definition) is 6. The van der Waals surface area contributed by atoms with Gasteiger partial charge in [0.15, 0.2) is 12.1 Å². The third kappa shape index (κ3) is 5.28. The van der Waals surface area contributed by atoms with Gasteiger partial charge in [0.05, 0.1) is 13.6 Å². The summed E-state index contributed by atoms with van der Waals surface area (Å²) in [6.45, 7) is 1.26. The number of carbonyl (C=O) groups is 2. The van der Waals surface area contributed by atoms with Gasteiger partial charge in [0.2, 0.25) is 0 Å². The zero-order valence-corrected chi connectivity index (χ0v) is 19.9. The molecule has 2 fully saturated rings. The highest BCUT2D eigenvalue weighted by molar-refractivity contribution is 5.90. The first-order valence-corrected chi connectivity index (χ1v) is 12.3. The van der Waals surface area contributed by atoms with Crippen LogP contribution < -0.4 is 5.32 Å². The lowest BCUT2D eigenvalue weighted by Crippen LogP contribution is -2.54. The third-order valence-corrected chi connectivity index (χ3v) is 7.57. The van der Waals surface area contributed by atoms with Crippen molar-refractivity contribution in [3.8, 4) is 0 Å². The predicted octanol–water partition coefficient (Wildman–Crippen LogP) is 3.04. The molecule has 0 bridgehead atoms. The van der Waals surface area contributed by atoms with Gasteiger partial charge in [-0.2, -0.15) is 0 Å². The Morgan fingerprint density at radius 1 is 1.12 bits per heavy atom. The van der Waals surface area contributed by atoms with Crippen molar-refractivity contribution in [2.75, 3.05) is 32.1 Å². The van der Waals surface area contributed by atoms with Crippen molar-refractivity contribution in [2.24, 2.45) is 5.92 Å². The van der Waals surface area contributed by atoms with Crippen molar-refractivity contribution >= 4 is 17.7 Å². The number of amides is 1. The molecule has 2 aliphatic rings. The van der Waals surface area contributed by atoms with Crippen LogP contribution in [0.3, 0.4) is 0 Å². The Balaban J connectivity index is 1.43. The monoisotopic (exact) mass is 467 g/mol. The molecule has 0 spiro atoms. The summed E-state index contributed by atoms with van der Waals surface area (Å²) in [5.74, 6) is -0.398. The highest BCUT2D eigenvalue weighted by Gasteiger charge is 2.48. The summed E-state index contributed by atoms with van der Waals surface area (Å²) < 4.78 is 6.32. The number of likely N-dealkylation sites (tertiary alicyclic amines) is 1. The fourth-order valence-electron chi connectivity index (χ4n) is 5.54. The highest BCUT2D eigenvalue weighted by Crippen LogP contribution is 2.40. The maximum Gasteiger partial charge on any atom is 0.343 e. The molecule has 1 saturated carbocycles. The van der Waals surface area contributed by atoms with Gasteiger partial charge in [0.25, 0.3) is 5.91 Å². The number of quaternary nitrogens is 1. The maximum absolute atomic E-state index is 13.4. The Morgan fingerprint density at radius 3 is 2.59 bits per heavy atom. The minimum Gasteiger partial charge on any atom is -0.457 e. The van der Waals surface area contributed by atoms with Gasteiger partial charge in [0, 0.05) is 25.0 Å². The standard InChI is InChI=1S/C26H34N4O4/c1-30(17-24(31)29-23-14-15-27-19-28-23)16-8-13-22(30)18-34-25(32)26(33,20-9-4-2-5-10-20)21-11-6-3-7-12-21/h2,4-5,9-10,14-15,19,21-22,33H,3,6-8,11-13,16-18H2,1H3/p+1/t22?,26-,30?/m0/s1. The van der Waals surface area contributed by atoms with Crippen molar-refractivity contribution in [1.82, 2.24) is 9.97 Å². The first-order chi connectivity index (χ1) is 16.4. The molecule has 2 N–H and O–H groups in total. The average Bonchev–Trinajstić information content (AvgIpc) is 3.23. The van der Waals surface area contributed by atoms with Crippen molar-refractivity contribution in [3.63, 3.8) is 0 Å². The Kier molecular flexibility index (Phi) is 7.58. The van der Waals surface area contributed by atoms with Crippen LogP contribution in [0.4, 0.5) is 5.82 Å². The summed E-state index contributed by atoms with van der Waals surface area (Å²) >= 11 is 0.